The number of hydrogen-bond donors (Lipinski definition) is 2. The molecule has 0 fully saturated rings. The lowest BCUT2D eigenvalue weighted by atomic mass is 10.1. The van der Waals surface area contributed by atoms with Crippen molar-refractivity contribution >= 4 is 27.7 Å². The first-order valence-electron chi connectivity index (χ1n) is 7.98. The summed E-state index contributed by atoms with van der Waals surface area (Å²) in [4.78, 5) is 34.3. The monoisotopic (exact) mass is 384 g/mol. The minimum Gasteiger partial charge on any atom is -0.456 e. The molecule has 0 spiro atoms. The molecule has 0 unspecified atom stereocenters. The lowest BCUT2D eigenvalue weighted by Gasteiger charge is -2.20. The Morgan fingerprint density at radius 3 is 2.15 bits per heavy atom. The SMILES string of the molecule is CC(=O)c1ccc(S(=O)(=O)NCCC(=O)OCC(=O)NC(C)(C)C)cc1. The number of benzene rings is 1. The van der Waals surface area contributed by atoms with Gasteiger partial charge in [0.1, 0.15) is 0 Å². The van der Waals surface area contributed by atoms with Crippen LogP contribution in [0.25, 0.3) is 0 Å². The summed E-state index contributed by atoms with van der Waals surface area (Å²) in [5.41, 5.74) is -0.0297. The predicted octanol–water partition coefficient (Wildman–Crippen LogP) is 1.02. The fraction of sp³-hybridized carbons (Fsp3) is 0.471. The van der Waals surface area contributed by atoms with Gasteiger partial charge in [-0.1, -0.05) is 12.1 Å². The highest BCUT2D eigenvalue weighted by molar-refractivity contribution is 7.89. The van der Waals surface area contributed by atoms with Crippen LogP contribution in [0.4, 0.5) is 0 Å². The Balaban J connectivity index is 2.44. The summed E-state index contributed by atoms with van der Waals surface area (Å²) in [5.74, 6) is -1.29. The second kappa shape index (κ2) is 8.91. The zero-order valence-electron chi connectivity index (χ0n) is 15.3. The summed E-state index contributed by atoms with van der Waals surface area (Å²) in [6, 6.07) is 5.46. The third-order valence-corrected chi connectivity index (χ3v) is 4.55. The Kier molecular flexibility index (Phi) is 7.46. The van der Waals surface area contributed by atoms with Crippen LogP contribution < -0.4 is 10.0 Å². The van der Waals surface area contributed by atoms with Gasteiger partial charge in [-0.2, -0.15) is 0 Å². The van der Waals surface area contributed by atoms with E-state index >= 15 is 0 Å². The standard InChI is InChI=1S/C17H24N2O6S/c1-12(20)13-5-7-14(8-6-13)26(23,24)18-10-9-16(22)25-11-15(21)19-17(2,3)4/h5-8,18H,9-11H2,1-4H3,(H,19,21). The molecule has 0 aliphatic heterocycles. The molecule has 8 nitrogen and oxygen atoms in total. The van der Waals surface area contributed by atoms with E-state index in [0.717, 1.165) is 0 Å². The van der Waals surface area contributed by atoms with Crippen LogP contribution in [-0.2, 0) is 24.3 Å². The zero-order chi connectivity index (χ0) is 20.0. The summed E-state index contributed by atoms with van der Waals surface area (Å²) in [5, 5.41) is 2.64. The largest absolute Gasteiger partial charge is 0.456 e. The second-order valence-electron chi connectivity index (χ2n) is 6.69. The average Bonchev–Trinajstić information content (AvgIpc) is 2.51. The highest BCUT2D eigenvalue weighted by Gasteiger charge is 2.17. The second-order valence-corrected chi connectivity index (χ2v) is 8.45. The molecule has 0 heterocycles. The van der Waals surface area contributed by atoms with Gasteiger partial charge in [0.15, 0.2) is 12.4 Å². The minimum absolute atomic E-state index is 0.0135. The smallest absolute Gasteiger partial charge is 0.307 e. The lowest BCUT2D eigenvalue weighted by molar-refractivity contribution is -0.148. The van der Waals surface area contributed by atoms with Gasteiger partial charge in [-0.15, -0.1) is 0 Å². The van der Waals surface area contributed by atoms with Crippen LogP contribution in [0, 0.1) is 0 Å². The summed E-state index contributed by atoms with van der Waals surface area (Å²) in [6.07, 6.45) is -0.215. The molecule has 0 atom stereocenters. The molecule has 1 amide bonds. The van der Waals surface area contributed by atoms with Crippen LogP contribution in [0.15, 0.2) is 29.2 Å². The van der Waals surface area contributed by atoms with Gasteiger partial charge in [0, 0.05) is 17.6 Å². The zero-order valence-corrected chi connectivity index (χ0v) is 16.1. The van der Waals surface area contributed by atoms with Crippen LogP contribution in [0.5, 0.6) is 0 Å². The van der Waals surface area contributed by atoms with Crippen molar-refractivity contribution in [2.45, 2.75) is 44.6 Å². The van der Waals surface area contributed by atoms with Crippen molar-refractivity contribution in [2.75, 3.05) is 13.2 Å². The first kappa shape index (κ1) is 21.8. The van der Waals surface area contributed by atoms with E-state index in [2.05, 4.69) is 10.0 Å². The van der Waals surface area contributed by atoms with E-state index in [1.54, 1.807) is 20.8 Å². The Hall–Kier alpha value is -2.26. The fourth-order valence-electron chi connectivity index (χ4n) is 1.91. The Morgan fingerprint density at radius 2 is 1.65 bits per heavy atom. The van der Waals surface area contributed by atoms with Crippen LogP contribution in [0.3, 0.4) is 0 Å². The van der Waals surface area contributed by atoms with Crippen molar-refractivity contribution in [3.05, 3.63) is 29.8 Å². The topological polar surface area (TPSA) is 119 Å². The molecule has 2 N–H and O–H groups in total. The van der Waals surface area contributed by atoms with Crippen LogP contribution in [0.1, 0.15) is 44.5 Å². The van der Waals surface area contributed by atoms with Crippen LogP contribution in [0.2, 0.25) is 0 Å². The number of sulfonamides is 1. The van der Waals surface area contributed by atoms with Gasteiger partial charge in [0.2, 0.25) is 10.0 Å². The van der Waals surface area contributed by atoms with Crippen molar-refractivity contribution in [3.63, 3.8) is 0 Å². The fourth-order valence-corrected chi connectivity index (χ4v) is 2.94. The van der Waals surface area contributed by atoms with Gasteiger partial charge in [0.05, 0.1) is 11.3 Å². The van der Waals surface area contributed by atoms with Gasteiger partial charge in [-0.25, -0.2) is 13.1 Å². The number of hydrogen-bond acceptors (Lipinski definition) is 6. The summed E-state index contributed by atoms with van der Waals surface area (Å²) >= 11 is 0. The minimum atomic E-state index is -3.80. The van der Waals surface area contributed by atoms with E-state index in [1.165, 1.54) is 31.2 Å². The highest BCUT2D eigenvalue weighted by Crippen LogP contribution is 2.11. The van der Waals surface area contributed by atoms with Crippen molar-refractivity contribution < 1.29 is 27.5 Å². The maximum Gasteiger partial charge on any atom is 0.307 e. The van der Waals surface area contributed by atoms with Gasteiger partial charge in [-0.3, -0.25) is 14.4 Å². The third-order valence-electron chi connectivity index (χ3n) is 3.07. The number of Topliss-reactive ketones (excluding diaryl/α,β-unsaturated/α-hetero) is 1. The molecule has 9 heteroatoms. The van der Waals surface area contributed by atoms with Crippen LogP contribution >= 0.6 is 0 Å². The molecular formula is C17H24N2O6S. The number of ether oxygens (including phenoxy) is 1. The number of rotatable bonds is 8. The van der Waals surface area contributed by atoms with E-state index in [9.17, 15) is 22.8 Å². The number of ketones is 1. The molecule has 1 aromatic carbocycles. The van der Waals surface area contributed by atoms with Crippen molar-refractivity contribution in [2.24, 2.45) is 0 Å². The van der Waals surface area contributed by atoms with Crippen LogP contribution in [-0.4, -0.2) is 44.8 Å². The van der Waals surface area contributed by atoms with Crippen molar-refractivity contribution in [1.29, 1.82) is 0 Å². The molecule has 1 rings (SSSR count). The molecule has 26 heavy (non-hydrogen) atoms. The maximum absolute atomic E-state index is 12.1. The quantitative estimate of drug-likeness (QED) is 0.510. The summed E-state index contributed by atoms with van der Waals surface area (Å²) < 4.78 is 31.3. The molecule has 0 aromatic heterocycles. The van der Waals surface area contributed by atoms with E-state index in [4.69, 9.17) is 4.74 Å². The number of carbonyl (C=O) groups excluding carboxylic acids is 3. The molecular weight excluding hydrogens is 360 g/mol. The molecule has 0 saturated carbocycles. The number of carbonyl (C=O) groups is 3. The molecule has 0 radical (unpaired) electrons. The Labute approximate surface area is 153 Å². The van der Waals surface area contributed by atoms with Gasteiger partial charge in [0.25, 0.3) is 5.91 Å². The molecule has 0 aliphatic rings. The predicted molar refractivity (Wildman–Crippen MR) is 95.1 cm³/mol. The first-order chi connectivity index (χ1) is 11.9. The van der Waals surface area contributed by atoms with Gasteiger partial charge >= 0.3 is 5.97 Å². The number of esters is 1. The summed E-state index contributed by atoms with van der Waals surface area (Å²) in [7, 11) is -3.80. The maximum atomic E-state index is 12.1. The van der Waals surface area contributed by atoms with E-state index in [1.807, 2.05) is 0 Å². The molecule has 144 valence electrons. The first-order valence-corrected chi connectivity index (χ1v) is 9.46. The molecule has 0 aliphatic carbocycles. The van der Waals surface area contributed by atoms with Gasteiger partial charge < -0.3 is 10.1 Å². The van der Waals surface area contributed by atoms with Crippen molar-refractivity contribution in [3.8, 4) is 0 Å². The molecule has 1 aromatic rings. The Morgan fingerprint density at radius 1 is 1.08 bits per heavy atom. The Bertz CT molecular complexity index is 763. The highest BCUT2D eigenvalue weighted by atomic mass is 32.2. The van der Waals surface area contributed by atoms with Gasteiger partial charge in [-0.05, 0) is 39.8 Å². The van der Waals surface area contributed by atoms with Crippen molar-refractivity contribution in [1.82, 2.24) is 10.0 Å². The number of nitrogens with one attached hydrogen (secondary N) is 2. The molecule has 0 saturated heterocycles. The lowest BCUT2D eigenvalue weighted by Crippen LogP contribution is -2.42. The van der Waals surface area contributed by atoms with E-state index in [-0.39, 0.29) is 23.6 Å². The average molecular weight is 384 g/mol. The van der Waals surface area contributed by atoms with E-state index < -0.39 is 34.0 Å². The van der Waals surface area contributed by atoms with E-state index in [0.29, 0.717) is 5.56 Å². The number of amides is 1. The summed E-state index contributed by atoms with van der Waals surface area (Å²) in [6.45, 7) is 6.18. The normalized spacial score (nSPS) is 11.7. The third kappa shape index (κ3) is 7.75. The molecule has 0 bridgehead atoms.